The standard InChI is InChI=1S/C51H38N4/c1-33-17-21-36(22-18-33)38-25-27-48-44(29-38)42-13-7-9-15-46(42)54(48)35(3)51(41-12-6-5-11-40(41)31-52)50(32-53-4)55-47-16-10-8-14-43(47)45-30-39(26-28-49(45)55)37-23-19-34(2)20-24-37/h5-30,32H,4H2,1-3H3/b50-32+,51-35+. The van der Waals surface area contributed by atoms with Crippen molar-refractivity contribution in [1.29, 1.82) is 5.26 Å². The lowest BCUT2D eigenvalue weighted by molar-refractivity contribution is 1.18. The summed E-state index contributed by atoms with van der Waals surface area (Å²) in [5.41, 5.74) is 15.5. The lowest BCUT2D eigenvalue weighted by atomic mass is 9.95. The van der Waals surface area contributed by atoms with Crippen LogP contribution in [0.4, 0.5) is 0 Å². The molecule has 0 aliphatic rings. The highest BCUT2D eigenvalue weighted by Crippen LogP contribution is 2.43. The maximum absolute atomic E-state index is 10.6. The van der Waals surface area contributed by atoms with Crippen molar-refractivity contribution in [3.05, 3.63) is 186 Å². The minimum atomic E-state index is 0.580. The van der Waals surface area contributed by atoms with Crippen LogP contribution in [0, 0.1) is 25.2 Å². The smallest absolute Gasteiger partial charge is 0.0998 e. The van der Waals surface area contributed by atoms with Crippen LogP contribution in [0.15, 0.2) is 169 Å². The van der Waals surface area contributed by atoms with Crippen LogP contribution in [0.5, 0.6) is 0 Å². The van der Waals surface area contributed by atoms with E-state index in [0.717, 1.165) is 71.7 Å². The topological polar surface area (TPSA) is 46.0 Å². The van der Waals surface area contributed by atoms with Gasteiger partial charge in [-0.25, -0.2) is 0 Å². The summed E-state index contributed by atoms with van der Waals surface area (Å²) >= 11 is 0. The molecule has 0 atom stereocenters. The van der Waals surface area contributed by atoms with Crippen molar-refractivity contribution in [2.75, 3.05) is 0 Å². The number of para-hydroxylation sites is 2. The fourth-order valence-electron chi connectivity index (χ4n) is 8.17. The lowest BCUT2D eigenvalue weighted by Crippen LogP contribution is -2.06. The Kier molecular flexibility index (Phi) is 8.33. The maximum atomic E-state index is 10.6. The third-order valence-electron chi connectivity index (χ3n) is 10.8. The van der Waals surface area contributed by atoms with Gasteiger partial charge in [0.05, 0.1) is 45.6 Å². The number of hydrogen-bond donors (Lipinski definition) is 0. The van der Waals surface area contributed by atoms with Gasteiger partial charge in [-0.3, -0.25) is 4.99 Å². The van der Waals surface area contributed by atoms with E-state index in [2.05, 4.69) is 181 Å². The fraction of sp³-hybridized carbons (Fsp3) is 0.0588. The number of aliphatic imine (C=N–C) groups is 1. The minimum Gasteiger partial charge on any atom is -0.313 e. The Bertz CT molecular complexity index is 3070. The molecule has 0 saturated heterocycles. The van der Waals surface area contributed by atoms with E-state index in [4.69, 9.17) is 0 Å². The van der Waals surface area contributed by atoms with Gasteiger partial charge in [0.15, 0.2) is 0 Å². The third kappa shape index (κ3) is 5.66. The fourth-order valence-corrected chi connectivity index (χ4v) is 8.17. The van der Waals surface area contributed by atoms with Crippen molar-refractivity contribution in [1.82, 2.24) is 9.13 Å². The average Bonchev–Trinajstić information content (AvgIpc) is 3.73. The SMILES string of the molecule is C=N/C=C(\C(=C(/C)n1c2ccccc2c2cc(-c3ccc(C)cc3)ccc21)c1ccccc1C#N)n1c2ccccc2c2cc(-c3ccc(C)cc3)ccc21. The van der Waals surface area contributed by atoms with Gasteiger partial charge in [-0.15, -0.1) is 0 Å². The average molecular weight is 707 g/mol. The first-order chi connectivity index (χ1) is 26.9. The Morgan fingerprint density at radius 3 is 1.55 bits per heavy atom. The summed E-state index contributed by atoms with van der Waals surface area (Å²) in [6, 6.07) is 58.2. The number of benzene rings is 7. The van der Waals surface area contributed by atoms with Crippen LogP contribution >= 0.6 is 0 Å². The molecule has 9 aromatic rings. The van der Waals surface area contributed by atoms with Crippen LogP contribution in [-0.4, -0.2) is 15.9 Å². The first-order valence-electron chi connectivity index (χ1n) is 18.5. The van der Waals surface area contributed by atoms with Crippen LogP contribution in [0.1, 0.15) is 29.2 Å². The number of nitriles is 1. The zero-order valence-corrected chi connectivity index (χ0v) is 31.1. The minimum absolute atomic E-state index is 0.580. The van der Waals surface area contributed by atoms with Crippen LogP contribution in [0.3, 0.4) is 0 Å². The van der Waals surface area contributed by atoms with E-state index in [9.17, 15) is 5.26 Å². The highest BCUT2D eigenvalue weighted by atomic mass is 15.0. The number of nitrogens with zero attached hydrogens (tertiary/aromatic N) is 4. The van der Waals surface area contributed by atoms with Crippen LogP contribution in [-0.2, 0) is 0 Å². The molecule has 0 N–H and O–H groups in total. The molecule has 4 nitrogen and oxygen atoms in total. The summed E-state index contributed by atoms with van der Waals surface area (Å²) in [7, 11) is 0. The van der Waals surface area contributed by atoms with Gasteiger partial charge in [-0.2, -0.15) is 5.26 Å². The molecule has 0 aliphatic carbocycles. The highest BCUT2D eigenvalue weighted by Gasteiger charge is 2.24. The van der Waals surface area contributed by atoms with E-state index >= 15 is 0 Å². The number of allylic oxidation sites excluding steroid dienone is 3. The molecule has 7 aromatic carbocycles. The van der Waals surface area contributed by atoms with Crippen LogP contribution < -0.4 is 0 Å². The lowest BCUT2D eigenvalue weighted by Gasteiger charge is -2.22. The van der Waals surface area contributed by atoms with E-state index in [1.54, 1.807) is 0 Å². The van der Waals surface area contributed by atoms with Gasteiger partial charge in [0.2, 0.25) is 0 Å². The Hall–Kier alpha value is -7.22. The molecule has 0 bridgehead atoms. The van der Waals surface area contributed by atoms with Crippen LogP contribution in [0.2, 0.25) is 0 Å². The molecular weight excluding hydrogens is 669 g/mol. The van der Waals surface area contributed by atoms with Crippen molar-refractivity contribution in [3.8, 4) is 28.3 Å². The summed E-state index contributed by atoms with van der Waals surface area (Å²) in [4.78, 5) is 4.46. The van der Waals surface area contributed by atoms with Crippen molar-refractivity contribution >= 4 is 67.3 Å². The van der Waals surface area contributed by atoms with E-state index < -0.39 is 0 Å². The molecule has 0 spiro atoms. The van der Waals surface area contributed by atoms with Gasteiger partial charge in [0.1, 0.15) is 0 Å². The monoisotopic (exact) mass is 706 g/mol. The predicted octanol–water partition coefficient (Wildman–Crippen LogP) is 13.3. The van der Waals surface area contributed by atoms with E-state index in [-0.39, 0.29) is 0 Å². The molecule has 0 radical (unpaired) electrons. The van der Waals surface area contributed by atoms with E-state index in [1.165, 1.54) is 27.8 Å². The van der Waals surface area contributed by atoms with Crippen molar-refractivity contribution in [3.63, 3.8) is 0 Å². The van der Waals surface area contributed by atoms with Gasteiger partial charge in [-0.1, -0.05) is 126 Å². The molecule has 0 aliphatic heterocycles. The normalized spacial score (nSPS) is 12.4. The summed E-state index contributed by atoms with van der Waals surface area (Å²) in [6.07, 6.45) is 1.84. The second kappa shape index (κ2) is 13.6. The molecule has 55 heavy (non-hydrogen) atoms. The van der Waals surface area contributed by atoms with Crippen molar-refractivity contribution < 1.29 is 0 Å². The first-order valence-corrected chi connectivity index (χ1v) is 18.5. The Morgan fingerprint density at radius 1 is 0.545 bits per heavy atom. The van der Waals surface area contributed by atoms with Gasteiger partial charge in [0.25, 0.3) is 0 Å². The molecule has 262 valence electrons. The first kappa shape index (κ1) is 33.6. The number of rotatable bonds is 7. The molecule has 0 saturated carbocycles. The molecule has 0 fully saturated rings. The summed E-state index contributed by atoms with van der Waals surface area (Å²) in [5.74, 6) is 0. The number of hydrogen-bond acceptors (Lipinski definition) is 2. The number of fused-ring (bicyclic) bond motifs is 6. The molecule has 0 unspecified atom stereocenters. The molecule has 2 aromatic heterocycles. The molecule has 0 amide bonds. The Morgan fingerprint density at radius 2 is 1.00 bits per heavy atom. The number of aromatic nitrogens is 2. The van der Waals surface area contributed by atoms with Gasteiger partial charge >= 0.3 is 0 Å². The molecular formula is C51H38N4. The van der Waals surface area contributed by atoms with E-state index in [1.807, 2.05) is 30.5 Å². The van der Waals surface area contributed by atoms with Gasteiger partial charge in [0, 0.05) is 38.4 Å². The largest absolute Gasteiger partial charge is 0.313 e. The van der Waals surface area contributed by atoms with Crippen molar-refractivity contribution in [2.45, 2.75) is 20.8 Å². The summed E-state index contributed by atoms with van der Waals surface area (Å²) in [5, 5.41) is 15.2. The second-order valence-electron chi connectivity index (χ2n) is 14.2. The van der Waals surface area contributed by atoms with Crippen molar-refractivity contribution in [2.24, 2.45) is 4.99 Å². The zero-order chi connectivity index (χ0) is 37.6. The van der Waals surface area contributed by atoms with Gasteiger partial charge < -0.3 is 9.13 Å². The molecule has 4 heteroatoms. The Labute approximate surface area is 320 Å². The van der Waals surface area contributed by atoms with Gasteiger partial charge in [-0.05, 0) is 92.2 Å². The molecule has 2 heterocycles. The predicted molar refractivity (Wildman–Crippen MR) is 233 cm³/mol. The molecule has 9 rings (SSSR count). The zero-order valence-electron chi connectivity index (χ0n) is 31.1. The maximum Gasteiger partial charge on any atom is 0.0998 e. The van der Waals surface area contributed by atoms with Crippen LogP contribution in [0.25, 0.3) is 82.8 Å². The quantitative estimate of drug-likeness (QED) is 0.120. The third-order valence-corrected chi connectivity index (χ3v) is 10.8. The Balaban J connectivity index is 1.36. The highest BCUT2D eigenvalue weighted by molar-refractivity contribution is 6.19. The second-order valence-corrected chi connectivity index (χ2v) is 14.2. The number of aryl methyl sites for hydroxylation is 2. The summed E-state index contributed by atoms with van der Waals surface area (Å²) in [6.45, 7) is 10.4. The summed E-state index contributed by atoms with van der Waals surface area (Å²) < 4.78 is 4.63. The van der Waals surface area contributed by atoms with E-state index in [0.29, 0.717) is 5.56 Å².